The Balaban J connectivity index is 2.12. The maximum Gasteiger partial charge on any atom is 0.344 e. The Morgan fingerprint density at radius 3 is 2.42 bits per heavy atom. The van der Waals surface area contributed by atoms with Crippen LogP contribution in [0, 0.1) is 6.92 Å². The van der Waals surface area contributed by atoms with Gasteiger partial charge in [-0.15, -0.1) is 0 Å². The zero-order valence-corrected chi connectivity index (χ0v) is 14.8. The molecule has 2 bridgehead atoms. The second kappa shape index (κ2) is 6.04. The third kappa shape index (κ3) is 2.24. The lowest BCUT2D eigenvalue weighted by atomic mass is 9.89. The van der Waals surface area contributed by atoms with Crippen LogP contribution >= 0.6 is 0 Å². The van der Waals surface area contributed by atoms with Crippen LogP contribution in [0.3, 0.4) is 0 Å². The molecule has 0 atom stereocenters. The van der Waals surface area contributed by atoms with Crippen molar-refractivity contribution in [1.29, 1.82) is 0 Å². The fraction of sp³-hybridized carbons (Fsp3) is 0.190. The van der Waals surface area contributed by atoms with Gasteiger partial charge < -0.3 is 19.3 Å². The first-order valence-electron chi connectivity index (χ1n) is 8.23. The zero-order chi connectivity index (χ0) is 18.4. The topological polar surface area (TPSA) is 65.0 Å². The molecule has 0 aliphatic carbocycles. The van der Waals surface area contributed by atoms with Crippen molar-refractivity contribution in [1.82, 2.24) is 0 Å². The summed E-state index contributed by atoms with van der Waals surface area (Å²) in [6.07, 6.45) is 0. The molecule has 0 spiro atoms. The quantitative estimate of drug-likeness (QED) is 0.724. The molecule has 0 amide bonds. The van der Waals surface area contributed by atoms with Crippen molar-refractivity contribution in [3.05, 3.63) is 53.1 Å². The molecular formula is C21H18O5. The summed E-state index contributed by atoms with van der Waals surface area (Å²) in [6.45, 7) is 1.73. The van der Waals surface area contributed by atoms with E-state index in [0.29, 0.717) is 28.4 Å². The lowest BCUT2D eigenvalue weighted by molar-refractivity contribution is 0.0757. The summed E-state index contributed by atoms with van der Waals surface area (Å²) in [7, 11) is 3.14. The largest absolute Gasteiger partial charge is 0.493 e. The van der Waals surface area contributed by atoms with Crippen molar-refractivity contribution >= 4 is 16.7 Å². The normalized spacial score (nSPS) is 12.4. The van der Waals surface area contributed by atoms with Crippen LogP contribution in [0.2, 0.25) is 0 Å². The van der Waals surface area contributed by atoms with Crippen LogP contribution in [-0.4, -0.2) is 25.3 Å². The Hall–Kier alpha value is -3.05. The minimum absolute atomic E-state index is 0.263. The maximum atomic E-state index is 12.6. The van der Waals surface area contributed by atoms with Crippen LogP contribution in [-0.2, 0) is 6.61 Å². The van der Waals surface area contributed by atoms with Gasteiger partial charge in [-0.3, -0.25) is 0 Å². The van der Waals surface area contributed by atoms with Crippen molar-refractivity contribution in [2.24, 2.45) is 0 Å². The summed E-state index contributed by atoms with van der Waals surface area (Å²) >= 11 is 0. The summed E-state index contributed by atoms with van der Waals surface area (Å²) in [5, 5.41) is 11.6. The first-order chi connectivity index (χ1) is 12.6. The van der Waals surface area contributed by atoms with Gasteiger partial charge in [-0.25, -0.2) is 4.79 Å². The highest BCUT2D eigenvalue weighted by atomic mass is 16.5. The minimum atomic E-state index is -0.442. The smallest absolute Gasteiger partial charge is 0.344 e. The maximum absolute atomic E-state index is 12.6. The van der Waals surface area contributed by atoms with Gasteiger partial charge in [0.05, 0.1) is 26.4 Å². The number of hydrogen-bond acceptors (Lipinski definition) is 5. The van der Waals surface area contributed by atoms with Crippen LogP contribution in [0.15, 0.2) is 36.4 Å². The van der Waals surface area contributed by atoms with E-state index in [1.807, 2.05) is 37.3 Å². The lowest BCUT2D eigenvalue weighted by Gasteiger charge is -2.14. The van der Waals surface area contributed by atoms with E-state index in [1.165, 1.54) is 0 Å². The number of aliphatic hydroxyl groups excluding tert-OH is 1. The molecule has 0 fully saturated rings. The van der Waals surface area contributed by atoms with Gasteiger partial charge in [-0.1, -0.05) is 29.8 Å². The van der Waals surface area contributed by atoms with Crippen molar-refractivity contribution in [3.63, 3.8) is 0 Å². The van der Waals surface area contributed by atoms with Crippen molar-refractivity contribution in [2.75, 3.05) is 14.2 Å². The molecule has 26 heavy (non-hydrogen) atoms. The van der Waals surface area contributed by atoms with Gasteiger partial charge in [0.2, 0.25) is 0 Å². The van der Waals surface area contributed by atoms with Crippen LogP contribution in [0.4, 0.5) is 0 Å². The third-order valence-electron chi connectivity index (χ3n) is 4.74. The second-order valence-corrected chi connectivity index (χ2v) is 6.22. The van der Waals surface area contributed by atoms with Crippen LogP contribution in [0.25, 0.3) is 21.9 Å². The molecule has 0 unspecified atom stereocenters. The third-order valence-corrected chi connectivity index (χ3v) is 4.74. The monoisotopic (exact) mass is 350 g/mol. The Kier molecular flexibility index (Phi) is 3.81. The van der Waals surface area contributed by atoms with Gasteiger partial charge >= 0.3 is 5.97 Å². The van der Waals surface area contributed by atoms with Crippen LogP contribution < -0.4 is 14.2 Å². The van der Waals surface area contributed by atoms with E-state index < -0.39 is 5.97 Å². The minimum Gasteiger partial charge on any atom is -0.493 e. The summed E-state index contributed by atoms with van der Waals surface area (Å²) in [5.41, 5.74) is 3.54. The molecular weight excluding hydrogens is 332 g/mol. The van der Waals surface area contributed by atoms with Crippen molar-refractivity contribution in [2.45, 2.75) is 13.5 Å². The first-order valence-corrected chi connectivity index (χ1v) is 8.23. The molecule has 3 aromatic rings. The van der Waals surface area contributed by atoms with Crippen molar-refractivity contribution < 1.29 is 24.1 Å². The predicted molar refractivity (Wildman–Crippen MR) is 98.1 cm³/mol. The highest BCUT2D eigenvalue weighted by Gasteiger charge is 2.33. The van der Waals surface area contributed by atoms with E-state index in [1.54, 1.807) is 20.3 Å². The number of rotatable bonds is 4. The second-order valence-electron chi connectivity index (χ2n) is 6.22. The Bertz CT molecular complexity index is 1050. The molecule has 5 heteroatoms. The first kappa shape index (κ1) is 16.4. The molecule has 0 aromatic heterocycles. The van der Waals surface area contributed by atoms with E-state index in [-0.39, 0.29) is 6.61 Å². The molecule has 1 aliphatic heterocycles. The number of hydrogen-bond donors (Lipinski definition) is 1. The number of methoxy groups -OCH3 is 2. The average molecular weight is 350 g/mol. The lowest BCUT2D eigenvalue weighted by Crippen LogP contribution is -2.03. The predicted octanol–water partition coefficient (Wildman–Crippen LogP) is 3.86. The van der Waals surface area contributed by atoms with E-state index >= 15 is 0 Å². The number of ether oxygens (including phenoxy) is 3. The number of esters is 1. The molecule has 1 heterocycles. The zero-order valence-electron chi connectivity index (χ0n) is 14.8. The van der Waals surface area contributed by atoms with Gasteiger partial charge in [-0.05, 0) is 30.0 Å². The van der Waals surface area contributed by atoms with E-state index in [0.717, 1.165) is 27.5 Å². The molecule has 5 nitrogen and oxygen atoms in total. The molecule has 0 saturated carbocycles. The molecule has 4 rings (SSSR count). The SMILES string of the molecule is COc1ccc(-c2c3c(CO)c(c4ccc(C)cc24)OC3=O)cc1OC. The fourth-order valence-electron chi connectivity index (χ4n) is 3.55. The molecule has 0 radical (unpaired) electrons. The summed E-state index contributed by atoms with van der Waals surface area (Å²) < 4.78 is 16.2. The van der Waals surface area contributed by atoms with Crippen molar-refractivity contribution in [3.8, 4) is 28.4 Å². The van der Waals surface area contributed by atoms with Gasteiger partial charge in [0.15, 0.2) is 11.5 Å². The summed E-state index contributed by atoms with van der Waals surface area (Å²) in [4.78, 5) is 12.6. The highest BCUT2D eigenvalue weighted by molar-refractivity contribution is 6.16. The number of benzene rings is 3. The molecule has 0 saturated heterocycles. The van der Waals surface area contributed by atoms with E-state index in [2.05, 4.69) is 0 Å². The van der Waals surface area contributed by atoms with Gasteiger partial charge in [0.25, 0.3) is 0 Å². The average Bonchev–Trinajstić information content (AvgIpc) is 2.92. The standard InChI is InChI=1S/C21H18O5/c1-11-4-6-13-14(8-11)18(19-15(10-22)20(13)26-21(19)23)12-5-7-16(24-2)17(9-12)25-3/h4-9,22H,10H2,1-3H3. The number of aliphatic hydroxyl groups is 1. The molecule has 132 valence electrons. The number of carbonyl (C=O) groups excluding carboxylic acids is 1. The number of carbonyl (C=O) groups is 1. The van der Waals surface area contributed by atoms with Gasteiger partial charge in [0, 0.05) is 16.5 Å². The Morgan fingerprint density at radius 2 is 1.73 bits per heavy atom. The van der Waals surface area contributed by atoms with Gasteiger partial charge in [0.1, 0.15) is 5.75 Å². The van der Waals surface area contributed by atoms with Crippen LogP contribution in [0.5, 0.6) is 17.2 Å². The summed E-state index contributed by atoms with van der Waals surface area (Å²) in [5.74, 6) is 1.18. The summed E-state index contributed by atoms with van der Waals surface area (Å²) in [6, 6.07) is 11.4. The van der Waals surface area contributed by atoms with E-state index in [4.69, 9.17) is 14.2 Å². The van der Waals surface area contributed by atoms with Crippen LogP contribution in [0.1, 0.15) is 21.5 Å². The number of aryl methyl sites for hydroxylation is 1. The molecule has 1 aliphatic rings. The fourth-order valence-corrected chi connectivity index (χ4v) is 3.55. The van der Waals surface area contributed by atoms with Gasteiger partial charge in [-0.2, -0.15) is 0 Å². The Labute approximate surface area is 150 Å². The molecule has 3 aromatic carbocycles. The number of fused-ring (bicyclic) bond motifs is 4. The Morgan fingerprint density at radius 1 is 0.962 bits per heavy atom. The molecule has 1 N–H and O–H groups in total. The highest BCUT2D eigenvalue weighted by Crippen LogP contribution is 2.47. The van der Waals surface area contributed by atoms with E-state index in [9.17, 15) is 9.90 Å².